The summed E-state index contributed by atoms with van der Waals surface area (Å²) in [5.74, 6) is 0.368. The molecule has 1 unspecified atom stereocenters. The average Bonchev–Trinajstić information content (AvgIpc) is 3.50. The van der Waals surface area contributed by atoms with Crippen LogP contribution < -0.4 is 4.90 Å². The van der Waals surface area contributed by atoms with Crippen LogP contribution in [0.5, 0.6) is 0 Å². The molecule has 0 saturated heterocycles. The van der Waals surface area contributed by atoms with Crippen LogP contribution >= 0.6 is 0 Å². The van der Waals surface area contributed by atoms with Crippen molar-refractivity contribution in [1.82, 2.24) is 4.57 Å². The van der Waals surface area contributed by atoms with Crippen molar-refractivity contribution in [2.24, 2.45) is 5.92 Å². The molecule has 0 aliphatic heterocycles. The second-order valence-corrected chi connectivity index (χ2v) is 14.3. The minimum absolute atomic E-state index is 0.0608. The lowest BCUT2D eigenvalue weighted by Crippen LogP contribution is -2.27. The van der Waals surface area contributed by atoms with Gasteiger partial charge in [-0.1, -0.05) is 142 Å². The molecule has 1 aliphatic rings. The summed E-state index contributed by atoms with van der Waals surface area (Å²) in [5.41, 5.74) is 9.75. The molecule has 0 amide bonds. The maximum absolute atomic E-state index is 2.50. The summed E-state index contributed by atoms with van der Waals surface area (Å²) in [6, 6.07) is 53.8. The summed E-state index contributed by atoms with van der Waals surface area (Å²) in [5, 5.41) is 7.51. The van der Waals surface area contributed by atoms with E-state index in [1.807, 2.05) is 0 Å². The fourth-order valence-corrected chi connectivity index (χ4v) is 8.07. The van der Waals surface area contributed by atoms with Gasteiger partial charge in [-0.3, -0.25) is 0 Å². The maximum atomic E-state index is 2.50. The third kappa shape index (κ3) is 4.86. The SMILES string of the molecule is CC1/C=C\C=C/Cc2ccc(N(c3ccc4c5ccccc5n(-c5ccccc5)c4c3)c3cc4ccccc4c4ccccc34)cc2C1(C)C. The van der Waals surface area contributed by atoms with Gasteiger partial charge >= 0.3 is 0 Å². The Labute approximate surface area is 294 Å². The Morgan fingerprint density at radius 2 is 1.24 bits per heavy atom. The molecule has 9 rings (SSSR count). The first-order valence-corrected chi connectivity index (χ1v) is 17.7. The van der Waals surface area contributed by atoms with Crippen LogP contribution in [0.15, 0.2) is 170 Å². The lowest BCUT2D eigenvalue weighted by atomic mass is 9.72. The summed E-state index contributed by atoms with van der Waals surface area (Å²) in [6.07, 6.45) is 9.97. The normalized spacial score (nSPS) is 16.9. The predicted octanol–water partition coefficient (Wildman–Crippen LogP) is 13.1. The molecule has 8 aromatic rings. The molecule has 0 N–H and O–H groups in total. The van der Waals surface area contributed by atoms with Gasteiger partial charge in [-0.15, -0.1) is 0 Å². The van der Waals surface area contributed by atoms with E-state index >= 15 is 0 Å². The minimum atomic E-state index is -0.0608. The third-order valence-electron chi connectivity index (χ3n) is 11.1. The molecule has 0 bridgehead atoms. The monoisotopic (exact) mass is 644 g/mol. The Balaban J connectivity index is 1.36. The highest BCUT2D eigenvalue weighted by Gasteiger charge is 2.30. The van der Waals surface area contributed by atoms with E-state index in [1.54, 1.807) is 0 Å². The molecule has 1 aliphatic carbocycles. The van der Waals surface area contributed by atoms with E-state index in [2.05, 4.69) is 200 Å². The number of nitrogens with zero attached hydrogens (tertiary/aromatic N) is 2. The Morgan fingerprint density at radius 1 is 0.580 bits per heavy atom. The number of para-hydroxylation sites is 2. The highest BCUT2D eigenvalue weighted by Crippen LogP contribution is 2.46. The van der Waals surface area contributed by atoms with Gasteiger partial charge in [0.25, 0.3) is 0 Å². The summed E-state index contributed by atoms with van der Waals surface area (Å²) in [7, 11) is 0. The van der Waals surface area contributed by atoms with Gasteiger partial charge in [0.05, 0.1) is 16.7 Å². The number of fused-ring (bicyclic) bond motifs is 7. The number of rotatable bonds is 4. The number of hydrogen-bond acceptors (Lipinski definition) is 1. The number of anilines is 3. The molecule has 2 heteroatoms. The smallest absolute Gasteiger partial charge is 0.0561 e. The molecule has 50 heavy (non-hydrogen) atoms. The van der Waals surface area contributed by atoms with Crippen LogP contribution in [0.2, 0.25) is 0 Å². The first kappa shape index (κ1) is 30.2. The Kier molecular flexibility index (Phi) is 7.21. The first-order valence-electron chi connectivity index (χ1n) is 17.7. The van der Waals surface area contributed by atoms with Crippen molar-refractivity contribution in [2.75, 3.05) is 4.90 Å². The van der Waals surface area contributed by atoms with Crippen LogP contribution in [0.3, 0.4) is 0 Å². The molecular formula is C48H40N2. The van der Waals surface area contributed by atoms with Gasteiger partial charge in [0, 0.05) is 33.2 Å². The number of aromatic nitrogens is 1. The lowest BCUT2D eigenvalue weighted by molar-refractivity contribution is 0.407. The van der Waals surface area contributed by atoms with E-state index in [-0.39, 0.29) is 5.41 Å². The zero-order valence-electron chi connectivity index (χ0n) is 28.8. The zero-order chi connectivity index (χ0) is 33.8. The highest BCUT2D eigenvalue weighted by atomic mass is 15.1. The molecule has 1 aromatic heterocycles. The van der Waals surface area contributed by atoms with Crippen LogP contribution in [0, 0.1) is 5.92 Å². The Hall–Kier alpha value is -5.86. The molecule has 242 valence electrons. The van der Waals surface area contributed by atoms with Crippen molar-refractivity contribution in [2.45, 2.75) is 32.6 Å². The van der Waals surface area contributed by atoms with Crippen LogP contribution in [0.1, 0.15) is 31.9 Å². The quantitative estimate of drug-likeness (QED) is 0.173. The zero-order valence-corrected chi connectivity index (χ0v) is 28.8. The number of benzene rings is 7. The van der Waals surface area contributed by atoms with E-state index in [0.717, 1.165) is 17.8 Å². The molecule has 0 spiro atoms. The topological polar surface area (TPSA) is 8.17 Å². The molecule has 0 saturated carbocycles. The van der Waals surface area contributed by atoms with E-state index in [1.165, 1.54) is 65.9 Å². The molecule has 1 heterocycles. The van der Waals surface area contributed by atoms with Gasteiger partial charge in [0.2, 0.25) is 0 Å². The van der Waals surface area contributed by atoms with E-state index in [0.29, 0.717) is 5.92 Å². The summed E-state index contributed by atoms with van der Waals surface area (Å²) >= 11 is 0. The first-order chi connectivity index (χ1) is 24.5. The van der Waals surface area contributed by atoms with Crippen molar-refractivity contribution in [3.05, 3.63) is 181 Å². The van der Waals surface area contributed by atoms with E-state index < -0.39 is 0 Å². The molecule has 0 radical (unpaired) electrons. The van der Waals surface area contributed by atoms with Gasteiger partial charge in [-0.05, 0) is 93.6 Å². The van der Waals surface area contributed by atoms with Crippen LogP contribution in [0.25, 0.3) is 49.0 Å². The lowest BCUT2D eigenvalue weighted by Gasteiger charge is -2.35. The predicted molar refractivity (Wildman–Crippen MR) is 215 cm³/mol. The molecule has 2 nitrogen and oxygen atoms in total. The Bertz CT molecular complexity index is 2620. The third-order valence-corrected chi connectivity index (χ3v) is 11.1. The van der Waals surface area contributed by atoms with Gasteiger partial charge in [-0.2, -0.15) is 0 Å². The van der Waals surface area contributed by atoms with Crippen LogP contribution in [0.4, 0.5) is 17.1 Å². The van der Waals surface area contributed by atoms with Crippen molar-refractivity contribution in [3.63, 3.8) is 0 Å². The number of allylic oxidation sites excluding steroid dienone is 4. The standard InChI is InChI=1S/C48H40N2/c1-33-16-6-4-7-17-34-26-27-37(31-44(34)48(33,2)3)49(46-30-35-18-10-11-21-39(35)40-22-12-13-23-41(40)46)38-28-29-43-42-24-14-15-25-45(42)50(47(43)32-38)36-19-8-5-9-20-36/h4-16,18-33H,17H2,1-3H3/b7-4-,16-6-. The fourth-order valence-electron chi connectivity index (χ4n) is 8.07. The highest BCUT2D eigenvalue weighted by molar-refractivity contribution is 6.15. The second-order valence-electron chi connectivity index (χ2n) is 14.3. The maximum Gasteiger partial charge on any atom is 0.0561 e. The van der Waals surface area contributed by atoms with Crippen LogP contribution in [-0.2, 0) is 11.8 Å². The second kappa shape index (κ2) is 11.9. The van der Waals surface area contributed by atoms with Crippen molar-refractivity contribution in [1.29, 1.82) is 0 Å². The van der Waals surface area contributed by atoms with Gasteiger partial charge in [-0.25, -0.2) is 0 Å². The van der Waals surface area contributed by atoms with E-state index in [4.69, 9.17) is 0 Å². The molecule has 7 aromatic carbocycles. The minimum Gasteiger partial charge on any atom is -0.310 e. The Morgan fingerprint density at radius 3 is 2.08 bits per heavy atom. The van der Waals surface area contributed by atoms with Gasteiger partial charge in [0.15, 0.2) is 0 Å². The summed E-state index contributed by atoms with van der Waals surface area (Å²) in [6.45, 7) is 7.14. The van der Waals surface area contributed by atoms with Crippen molar-refractivity contribution < 1.29 is 0 Å². The van der Waals surface area contributed by atoms with Gasteiger partial charge < -0.3 is 9.47 Å². The summed E-state index contributed by atoms with van der Waals surface area (Å²) < 4.78 is 2.42. The van der Waals surface area contributed by atoms with E-state index in [9.17, 15) is 0 Å². The molecular weight excluding hydrogens is 605 g/mol. The van der Waals surface area contributed by atoms with Crippen molar-refractivity contribution >= 4 is 60.4 Å². The molecule has 0 fully saturated rings. The fraction of sp³-hybridized carbons (Fsp3) is 0.125. The van der Waals surface area contributed by atoms with Crippen molar-refractivity contribution in [3.8, 4) is 5.69 Å². The van der Waals surface area contributed by atoms with Gasteiger partial charge in [0.1, 0.15) is 0 Å². The largest absolute Gasteiger partial charge is 0.310 e. The average molecular weight is 645 g/mol. The van der Waals surface area contributed by atoms with Crippen LogP contribution in [-0.4, -0.2) is 4.57 Å². The summed E-state index contributed by atoms with van der Waals surface area (Å²) in [4.78, 5) is 2.50. The molecule has 1 atom stereocenters. The number of hydrogen-bond donors (Lipinski definition) is 0.